The van der Waals surface area contributed by atoms with Crippen LogP contribution in [0.1, 0.15) is 22.1 Å². The number of hydrogen-bond acceptors (Lipinski definition) is 2. The van der Waals surface area contributed by atoms with Crippen molar-refractivity contribution in [2.24, 2.45) is 0 Å². The Hall–Kier alpha value is -1.45. The molecular formula is C17H16ClNOS. The van der Waals surface area contributed by atoms with Crippen molar-refractivity contribution in [3.8, 4) is 0 Å². The van der Waals surface area contributed by atoms with Gasteiger partial charge in [0, 0.05) is 17.6 Å². The zero-order valence-corrected chi connectivity index (χ0v) is 13.5. The molecule has 21 heavy (non-hydrogen) atoms. The predicted molar refractivity (Wildman–Crippen MR) is 89.5 cm³/mol. The first kappa shape index (κ1) is 14.5. The van der Waals surface area contributed by atoms with E-state index in [0.29, 0.717) is 6.42 Å². The van der Waals surface area contributed by atoms with Crippen LogP contribution in [0.5, 0.6) is 0 Å². The molecule has 1 amide bonds. The lowest BCUT2D eigenvalue weighted by molar-refractivity contribution is -0.117. The molecule has 0 radical (unpaired) electrons. The third kappa shape index (κ3) is 2.56. The molecule has 2 aromatic rings. The number of thioether (sulfide) groups is 1. The van der Waals surface area contributed by atoms with Gasteiger partial charge < -0.3 is 4.90 Å². The average Bonchev–Trinajstić information content (AvgIpc) is 2.80. The Morgan fingerprint density at radius 1 is 1.24 bits per heavy atom. The van der Waals surface area contributed by atoms with Crippen molar-refractivity contribution < 1.29 is 4.79 Å². The summed E-state index contributed by atoms with van der Waals surface area (Å²) in [4.78, 5) is 14.7. The molecule has 0 N–H and O–H groups in total. The molecule has 1 unspecified atom stereocenters. The topological polar surface area (TPSA) is 20.3 Å². The summed E-state index contributed by atoms with van der Waals surface area (Å²) in [5, 5.41) is -0.194. The first-order chi connectivity index (χ1) is 10.1. The Morgan fingerprint density at radius 3 is 2.76 bits per heavy atom. The summed E-state index contributed by atoms with van der Waals surface area (Å²) in [7, 11) is 1.81. The summed E-state index contributed by atoms with van der Waals surface area (Å²) < 4.78 is 0. The van der Waals surface area contributed by atoms with Crippen molar-refractivity contribution >= 4 is 35.0 Å². The minimum atomic E-state index is -0.194. The number of alkyl halides is 1. The lowest BCUT2D eigenvalue weighted by Gasteiger charge is -2.16. The van der Waals surface area contributed by atoms with Crippen molar-refractivity contribution in [1.29, 1.82) is 0 Å². The number of hydrogen-bond donors (Lipinski definition) is 0. The Labute approximate surface area is 134 Å². The summed E-state index contributed by atoms with van der Waals surface area (Å²) in [6, 6.07) is 14.2. The zero-order chi connectivity index (χ0) is 15.0. The molecule has 2 aromatic carbocycles. The number of likely N-dealkylation sites (N-methyl/N-ethyl adjacent to an activating group) is 1. The molecule has 2 nitrogen and oxygen atoms in total. The fraction of sp³-hybridized carbons (Fsp3) is 0.235. The molecular weight excluding hydrogens is 302 g/mol. The van der Waals surface area contributed by atoms with Crippen molar-refractivity contribution in [3.05, 3.63) is 59.2 Å². The van der Waals surface area contributed by atoms with Gasteiger partial charge in [-0.2, -0.15) is 0 Å². The monoisotopic (exact) mass is 317 g/mol. The first-order valence-corrected chi connectivity index (χ1v) is 8.44. The number of nitrogens with zero attached hydrogens (tertiary/aromatic N) is 1. The molecule has 0 saturated heterocycles. The number of fused-ring (bicyclic) bond motifs is 1. The molecule has 0 aromatic heterocycles. The van der Waals surface area contributed by atoms with Gasteiger partial charge >= 0.3 is 0 Å². The van der Waals surface area contributed by atoms with Crippen molar-refractivity contribution in [3.63, 3.8) is 0 Å². The second-order valence-corrected chi connectivity index (χ2v) is 6.41. The van der Waals surface area contributed by atoms with E-state index in [4.69, 9.17) is 11.6 Å². The fourth-order valence-electron chi connectivity index (χ4n) is 2.70. The zero-order valence-electron chi connectivity index (χ0n) is 12.0. The Bertz CT molecular complexity index is 701. The van der Waals surface area contributed by atoms with Crippen molar-refractivity contribution in [1.82, 2.24) is 0 Å². The van der Waals surface area contributed by atoms with Gasteiger partial charge in [0.25, 0.3) is 0 Å². The third-order valence-corrected chi connectivity index (χ3v) is 5.18. The highest BCUT2D eigenvalue weighted by molar-refractivity contribution is 7.98. The van der Waals surface area contributed by atoms with Crippen molar-refractivity contribution in [2.75, 3.05) is 18.2 Å². The van der Waals surface area contributed by atoms with Gasteiger partial charge in [-0.05, 0) is 35.1 Å². The molecule has 3 rings (SSSR count). The fourth-order valence-corrected chi connectivity index (χ4v) is 3.73. The lowest BCUT2D eigenvalue weighted by Crippen LogP contribution is -2.20. The SMILES string of the molecule is CSc1ccccc1C(Cl)c1ccc2c(c1)CC(=O)N2C. The van der Waals surface area contributed by atoms with Crippen LogP contribution in [0.25, 0.3) is 0 Å². The molecule has 0 saturated carbocycles. The van der Waals surface area contributed by atoms with Gasteiger partial charge in [0.15, 0.2) is 0 Å². The molecule has 1 aliphatic heterocycles. The van der Waals surface area contributed by atoms with Crippen LogP contribution in [0.2, 0.25) is 0 Å². The quantitative estimate of drug-likeness (QED) is 0.623. The third-order valence-electron chi connectivity index (χ3n) is 3.89. The molecule has 0 aliphatic carbocycles. The van der Waals surface area contributed by atoms with Crippen molar-refractivity contribution in [2.45, 2.75) is 16.7 Å². The normalized spacial score (nSPS) is 15.2. The number of benzene rings is 2. The number of rotatable bonds is 3. The van der Waals surface area contributed by atoms with Crippen LogP contribution >= 0.6 is 23.4 Å². The van der Waals surface area contributed by atoms with Crippen LogP contribution in [-0.2, 0) is 11.2 Å². The summed E-state index contributed by atoms with van der Waals surface area (Å²) in [5.41, 5.74) is 4.21. The van der Waals surface area contributed by atoms with Crippen LogP contribution in [-0.4, -0.2) is 19.2 Å². The van der Waals surface area contributed by atoms with Crippen LogP contribution in [0.3, 0.4) is 0 Å². The van der Waals surface area contributed by atoms with E-state index in [1.54, 1.807) is 16.7 Å². The number of amides is 1. The van der Waals surface area contributed by atoms with Gasteiger partial charge in [-0.1, -0.05) is 30.3 Å². The molecule has 0 fully saturated rings. The largest absolute Gasteiger partial charge is 0.315 e. The minimum absolute atomic E-state index is 0.137. The summed E-state index contributed by atoms with van der Waals surface area (Å²) >= 11 is 8.38. The molecule has 1 heterocycles. The Morgan fingerprint density at radius 2 is 2.00 bits per heavy atom. The molecule has 1 aliphatic rings. The van der Waals surface area contributed by atoms with E-state index in [1.165, 1.54) is 4.90 Å². The minimum Gasteiger partial charge on any atom is -0.315 e. The molecule has 1 atom stereocenters. The van der Waals surface area contributed by atoms with Gasteiger partial charge in [-0.25, -0.2) is 0 Å². The smallest absolute Gasteiger partial charge is 0.231 e. The van der Waals surface area contributed by atoms with E-state index in [0.717, 1.165) is 22.4 Å². The summed E-state index contributed by atoms with van der Waals surface area (Å²) in [5.74, 6) is 0.137. The van der Waals surface area contributed by atoms with E-state index >= 15 is 0 Å². The van der Waals surface area contributed by atoms with Gasteiger partial charge in [0.05, 0.1) is 11.8 Å². The second-order valence-electron chi connectivity index (χ2n) is 5.12. The maximum atomic E-state index is 11.8. The van der Waals surface area contributed by atoms with Crippen LogP contribution in [0.4, 0.5) is 5.69 Å². The number of anilines is 1. The van der Waals surface area contributed by atoms with E-state index in [1.807, 2.05) is 31.3 Å². The molecule has 0 spiro atoms. The lowest BCUT2D eigenvalue weighted by atomic mass is 10.0. The van der Waals surface area contributed by atoms with Gasteiger partial charge in [-0.15, -0.1) is 23.4 Å². The standard InChI is InChI=1S/C17H16ClNOS/c1-19-14-8-7-11(9-12(14)10-16(19)20)17(18)13-5-3-4-6-15(13)21-2/h3-9,17H,10H2,1-2H3. The predicted octanol–water partition coefficient (Wildman–Crippen LogP) is 4.26. The number of halogens is 1. The summed E-state index contributed by atoms with van der Waals surface area (Å²) in [6.45, 7) is 0. The van der Waals surface area contributed by atoms with Crippen LogP contribution in [0.15, 0.2) is 47.4 Å². The molecule has 4 heteroatoms. The van der Waals surface area contributed by atoms with Crippen LogP contribution in [0, 0.1) is 0 Å². The van der Waals surface area contributed by atoms with Gasteiger partial charge in [-0.3, -0.25) is 4.79 Å². The Kier molecular flexibility index (Phi) is 3.96. The molecule has 108 valence electrons. The highest BCUT2D eigenvalue weighted by Crippen LogP contribution is 2.37. The average molecular weight is 318 g/mol. The Balaban J connectivity index is 1.98. The second kappa shape index (κ2) is 5.74. The van der Waals surface area contributed by atoms with Gasteiger partial charge in [0.2, 0.25) is 5.91 Å². The maximum Gasteiger partial charge on any atom is 0.231 e. The van der Waals surface area contributed by atoms with Crippen LogP contribution < -0.4 is 4.90 Å². The highest BCUT2D eigenvalue weighted by atomic mass is 35.5. The number of carbonyl (C=O) groups is 1. The van der Waals surface area contributed by atoms with Gasteiger partial charge in [0.1, 0.15) is 0 Å². The van der Waals surface area contributed by atoms with E-state index in [-0.39, 0.29) is 11.3 Å². The number of carbonyl (C=O) groups excluding carboxylic acids is 1. The summed E-state index contributed by atoms with van der Waals surface area (Å²) in [6.07, 6.45) is 2.52. The molecule has 0 bridgehead atoms. The first-order valence-electron chi connectivity index (χ1n) is 6.78. The van der Waals surface area contributed by atoms with E-state index < -0.39 is 0 Å². The highest BCUT2D eigenvalue weighted by Gasteiger charge is 2.25. The van der Waals surface area contributed by atoms with E-state index in [9.17, 15) is 4.79 Å². The van der Waals surface area contributed by atoms with E-state index in [2.05, 4.69) is 24.5 Å². The maximum absolute atomic E-state index is 11.8.